The minimum absolute atomic E-state index is 0.0148. The molecule has 1 N–H and O–H groups in total. The van der Waals surface area contributed by atoms with Crippen LogP contribution in [0.2, 0.25) is 0 Å². The first-order valence-electron chi connectivity index (χ1n) is 11.9. The van der Waals surface area contributed by atoms with E-state index < -0.39 is 17.4 Å². The Bertz CT molecular complexity index is 658. The number of rotatable bonds is 16. The topological polar surface area (TPSA) is 85.3 Å². The Kier molecular flexibility index (Phi) is 12.3. The summed E-state index contributed by atoms with van der Waals surface area (Å²) in [6.07, 6.45) is 6.39. The number of benzene rings is 1. The Hall–Kier alpha value is -1.96. The monoisotopic (exact) mass is 449 g/mol. The lowest BCUT2D eigenvalue weighted by Gasteiger charge is -2.40. The quantitative estimate of drug-likeness (QED) is 0.224. The summed E-state index contributed by atoms with van der Waals surface area (Å²) in [5.41, 5.74) is 0.633. The maximum Gasteiger partial charge on any atom is 0.342 e. The van der Waals surface area contributed by atoms with Gasteiger partial charge in [-0.1, -0.05) is 50.1 Å². The van der Waals surface area contributed by atoms with E-state index in [1.165, 1.54) is 5.56 Å². The molecular formula is C25H39NO6. The number of aliphatic carboxylic acids is 1. The molecule has 0 spiro atoms. The van der Waals surface area contributed by atoms with Crippen LogP contribution in [0.5, 0.6) is 0 Å². The second kappa shape index (κ2) is 15.0. The lowest BCUT2D eigenvalue weighted by Crippen LogP contribution is -2.42. The van der Waals surface area contributed by atoms with Gasteiger partial charge in [0, 0.05) is 6.61 Å². The Balaban J connectivity index is 1.64. The van der Waals surface area contributed by atoms with Crippen molar-refractivity contribution < 1.29 is 29.2 Å². The maximum atomic E-state index is 12.2. The number of carboxylic acid groups (broad SMARTS) is 1. The summed E-state index contributed by atoms with van der Waals surface area (Å²) in [6.45, 7) is 6.40. The SMILES string of the molecule is CCCCCOOC(=O)CC1(CC(=O)O)CCN(CCCCOCc2ccccc2)CC1. The highest BCUT2D eigenvalue weighted by Gasteiger charge is 2.39. The van der Waals surface area contributed by atoms with Gasteiger partial charge in [-0.15, -0.1) is 0 Å². The molecular weight excluding hydrogens is 410 g/mol. The third-order valence-electron chi connectivity index (χ3n) is 6.07. The van der Waals surface area contributed by atoms with Crippen LogP contribution in [0.15, 0.2) is 30.3 Å². The molecule has 180 valence electrons. The number of carboxylic acids is 1. The van der Waals surface area contributed by atoms with Gasteiger partial charge in [-0.2, -0.15) is 4.89 Å². The van der Waals surface area contributed by atoms with Gasteiger partial charge in [-0.05, 0) is 62.7 Å². The number of carbonyl (C=O) groups is 2. The summed E-state index contributed by atoms with van der Waals surface area (Å²) >= 11 is 0. The fraction of sp³-hybridized carbons (Fsp3) is 0.680. The molecule has 1 aromatic carbocycles. The molecule has 0 aromatic heterocycles. The van der Waals surface area contributed by atoms with Gasteiger partial charge in [-0.3, -0.25) is 9.68 Å². The summed E-state index contributed by atoms with van der Waals surface area (Å²) in [6, 6.07) is 10.1. The summed E-state index contributed by atoms with van der Waals surface area (Å²) in [5, 5.41) is 9.38. The van der Waals surface area contributed by atoms with Crippen LogP contribution in [-0.4, -0.2) is 54.8 Å². The Labute approximate surface area is 192 Å². The molecule has 7 heteroatoms. The van der Waals surface area contributed by atoms with E-state index in [1.54, 1.807) is 0 Å². The average Bonchev–Trinajstić information content (AvgIpc) is 2.77. The normalized spacial score (nSPS) is 16.0. The van der Waals surface area contributed by atoms with Crippen molar-refractivity contribution in [3.8, 4) is 0 Å². The minimum atomic E-state index is -0.870. The molecule has 0 atom stereocenters. The molecule has 0 radical (unpaired) electrons. The summed E-state index contributed by atoms with van der Waals surface area (Å²) < 4.78 is 5.74. The third kappa shape index (κ3) is 10.6. The predicted octanol–water partition coefficient (Wildman–Crippen LogP) is 4.60. The van der Waals surface area contributed by atoms with Crippen molar-refractivity contribution in [1.82, 2.24) is 4.90 Å². The molecule has 1 saturated heterocycles. The van der Waals surface area contributed by atoms with E-state index in [2.05, 4.69) is 24.0 Å². The molecule has 0 saturated carbocycles. The van der Waals surface area contributed by atoms with Crippen LogP contribution in [0.25, 0.3) is 0 Å². The van der Waals surface area contributed by atoms with Crippen molar-refractivity contribution in [3.63, 3.8) is 0 Å². The van der Waals surface area contributed by atoms with E-state index in [0.29, 0.717) is 26.1 Å². The van der Waals surface area contributed by atoms with Crippen LogP contribution >= 0.6 is 0 Å². The first-order chi connectivity index (χ1) is 15.5. The number of piperidine rings is 1. The summed E-state index contributed by atoms with van der Waals surface area (Å²) in [5.74, 6) is -1.34. The highest BCUT2D eigenvalue weighted by atomic mass is 17.2. The first kappa shape index (κ1) is 26.3. The van der Waals surface area contributed by atoms with Crippen LogP contribution in [0, 0.1) is 5.41 Å². The minimum Gasteiger partial charge on any atom is -0.481 e. The Morgan fingerprint density at radius 1 is 1.00 bits per heavy atom. The fourth-order valence-corrected chi connectivity index (χ4v) is 4.15. The standard InChI is InChI=1S/C25H39NO6/c1-2-3-8-18-31-32-24(29)20-25(19-23(27)28)12-15-26(16-13-25)14-7-9-17-30-21-22-10-5-4-6-11-22/h4-6,10-11H,2-3,7-9,12-21H2,1H3,(H,27,28). The predicted molar refractivity (Wildman–Crippen MR) is 122 cm³/mol. The fourth-order valence-electron chi connectivity index (χ4n) is 4.15. The van der Waals surface area contributed by atoms with E-state index in [1.807, 2.05) is 18.2 Å². The van der Waals surface area contributed by atoms with E-state index in [9.17, 15) is 14.7 Å². The van der Waals surface area contributed by atoms with Gasteiger partial charge in [0.05, 0.1) is 26.1 Å². The number of carbonyl (C=O) groups excluding carboxylic acids is 1. The summed E-state index contributed by atoms with van der Waals surface area (Å²) in [7, 11) is 0. The van der Waals surface area contributed by atoms with Gasteiger partial charge in [0.15, 0.2) is 0 Å². The van der Waals surface area contributed by atoms with Crippen molar-refractivity contribution >= 4 is 11.9 Å². The molecule has 0 amide bonds. The van der Waals surface area contributed by atoms with Crippen molar-refractivity contribution in [2.24, 2.45) is 5.41 Å². The lowest BCUT2D eigenvalue weighted by molar-refractivity contribution is -0.274. The van der Waals surface area contributed by atoms with E-state index >= 15 is 0 Å². The lowest BCUT2D eigenvalue weighted by atomic mass is 9.73. The van der Waals surface area contributed by atoms with Gasteiger partial charge in [0.25, 0.3) is 0 Å². The van der Waals surface area contributed by atoms with Crippen LogP contribution in [0.4, 0.5) is 0 Å². The molecule has 0 aliphatic carbocycles. The number of hydrogen-bond donors (Lipinski definition) is 1. The molecule has 7 nitrogen and oxygen atoms in total. The number of likely N-dealkylation sites (tertiary alicyclic amines) is 1. The highest BCUT2D eigenvalue weighted by Crippen LogP contribution is 2.39. The Morgan fingerprint density at radius 3 is 2.41 bits per heavy atom. The number of nitrogens with zero attached hydrogens (tertiary/aromatic N) is 1. The van der Waals surface area contributed by atoms with Gasteiger partial charge in [0.2, 0.25) is 0 Å². The molecule has 2 rings (SSSR count). The molecule has 1 aliphatic rings. The van der Waals surface area contributed by atoms with Gasteiger partial charge in [0.1, 0.15) is 0 Å². The van der Waals surface area contributed by atoms with E-state index in [4.69, 9.17) is 14.5 Å². The highest BCUT2D eigenvalue weighted by molar-refractivity contribution is 5.73. The molecule has 1 aromatic rings. The molecule has 1 heterocycles. The summed E-state index contributed by atoms with van der Waals surface area (Å²) in [4.78, 5) is 35.9. The van der Waals surface area contributed by atoms with Crippen molar-refractivity contribution in [2.45, 2.75) is 71.3 Å². The molecule has 1 fully saturated rings. The van der Waals surface area contributed by atoms with Crippen molar-refractivity contribution in [3.05, 3.63) is 35.9 Å². The molecule has 0 unspecified atom stereocenters. The van der Waals surface area contributed by atoms with Crippen LogP contribution in [0.1, 0.15) is 70.3 Å². The van der Waals surface area contributed by atoms with E-state index in [0.717, 1.165) is 58.3 Å². The zero-order valence-corrected chi connectivity index (χ0v) is 19.4. The Morgan fingerprint density at radius 2 is 1.72 bits per heavy atom. The van der Waals surface area contributed by atoms with Gasteiger partial charge in [-0.25, -0.2) is 4.79 Å². The second-order valence-corrected chi connectivity index (χ2v) is 8.82. The smallest absolute Gasteiger partial charge is 0.342 e. The van der Waals surface area contributed by atoms with Gasteiger partial charge < -0.3 is 14.7 Å². The van der Waals surface area contributed by atoms with Crippen LogP contribution in [-0.2, 0) is 30.7 Å². The molecule has 0 bridgehead atoms. The zero-order valence-electron chi connectivity index (χ0n) is 19.4. The first-order valence-corrected chi connectivity index (χ1v) is 11.9. The van der Waals surface area contributed by atoms with Crippen molar-refractivity contribution in [2.75, 3.05) is 32.8 Å². The third-order valence-corrected chi connectivity index (χ3v) is 6.07. The number of unbranched alkanes of at least 4 members (excludes halogenated alkanes) is 3. The molecule has 32 heavy (non-hydrogen) atoms. The number of hydrogen-bond acceptors (Lipinski definition) is 6. The second-order valence-electron chi connectivity index (χ2n) is 8.82. The van der Waals surface area contributed by atoms with Crippen LogP contribution < -0.4 is 0 Å². The zero-order chi connectivity index (χ0) is 23.1. The van der Waals surface area contributed by atoms with Crippen molar-refractivity contribution in [1.29, 1.82) is 0 Å². The van der Waals surface area contributed by atoms with Gasteiger partial charge >= 0.3 is 11.9 Å². The van der Waals surface area contributed by atoms with Crippen LogP contribution in [0.3, 0.4) is 0 Å². The van der Waals surface area contributed by atoms with E-state index in [-0.39, 0.29) is 12.8 Å². The average molecular weight is 450 g/mol. The maximum absolute atomic E-state index is 12.2. The number of ether oxygens (including phenoxy) is 1. The molecule has 1 aliphatic heterocycles. The largest absolute Gasteiger partial charge is 0.481 e.